The van der Waals surface area contributed by atoms with Crippen molar-refractivity contribution in [2.45, 2.75) is 51.3 Å². The van der Waals surface area contributed by atoms with E-state index in [9.17, 15) is 13.2 Å². The minimum atomic E-state index is -3.62. The zero-order valence-electron chi connectivity index (χ0n) is 21.0. The molecule has 0 saturated carbocycles. The van der Waals surface area contributed by atoms with Crippen LogP contribution in [0.1, 0.15) is 60.6 Å². The Morgan fingerprint density at radius 2 is 1.65 bits per heavy atom. The highest BCUT2D eigenvalue weighted by molar-refractivity contribution is 7.92. The number of hydrogen-bond donors (Lipinski definition) is 1. The van der Waals surface area contributed by atoms with Crippen LogP contribution in [0.3, 0.4) is 0 Å². The Kier molecular flexibility index (Phi) is 8.07. The largest absolute Gasteiger partial charge is 0.487 e. The third kappa shape index (κ3) is 6.22. The van der Waals surface area contributed by atoms with Gasteiger partial charge in [-0.3, -0.25) is 9.10 Å². The number of para-hydroxylation sites is 1. The van der Waals surface area contributed by atoms with Gasteiger partial charge >= 0.3 is 0 Å². The average molecular weight is 562 g/mol. The van der Waals surface area contributed by atoms with E-state index in [2.05, 4.69) is 19.2 Å². The predicted octanol–water partition coefficient (Wildman–Crippen LogP) is 6.77. The SMILES string of the molecule is CCC1(CC)C[C@H](NC(=O)c2ccc(CN(c3cc(Cl)cc(Cl)c3)S(C)(=O)=O)cc2)c2ccccc2O1. The summed E-state index contributed by atoms with van der Waals surface area (Å²) in [5.41, 5.74) is 2.21. The van der Waals surface area contributed by atoms with Crippen LogP contribution >= 0.6 is 23.2 Å². The van der Waals surface area contributed by atoms with Crippen LogP contribution in [0.4, 0.5) is 5.69 Å². The standard InChI is InChI=1S/C28H30Cl2N2O4S/c1-4-28(5-2)17-25(24-8-6-7-9-26(24)36-28)31-27(33)20-12-10-19(11-13-20)18-32(37(3,34)35)23-15-21(29)14-22(30)16-23/h6-16,25H,4-5,17-18H2,1-3H3,(H,31,33)/t25-/m0/s1. The molecular formula is C28H30Cl2N2O4S. The summed E-state index contributed by atoms with van der Waals surface area (Å²) in [7, 11) is -3.62. The normalized spacial score (nSPS) is 16.4. The minimum absolute atomic E-state index is 0.0697. The number of halogens is 2. The molecule has 9 heteroatoms. The second kappa shape index (κ2) is 10.9. The Labute approximate surface area is 228 Å². The molecule has 0 aromatic heterocycles. The number of carbonyl (C=O) groups is 1. The lowest BCUT2D eigenvalue weighted by atomic mass is 9.83. The van der Waals surface area contributed by atoms with E-state index in [4.69, 9.17) is 27.9 Å². The van der Waals surface area contributed by atoms with Crippen molar-refractivity contribution in [2.75, 3.05) is 10.6 Å². The van der Waals surface area contributed by atoms with Gasteiger partial charge in [-0.2, -0.15) is 0 Å². The number of fused-ring (bicyclic) bond motifs is 1. The van der Waals surface area contributed by atoms with E-state index < -0.39 is 10.0 Å². The van der Waals surface area contributed by atoms with Crippen LogP contribution in [0, 0.1) is 0 Å². The second-order valence-corrected chi connectivity index (χ2v) is 12.1. The molecule has 0 spiro atoms. The number of anilines is 1. The Hall–Kier alpha value is -2.74. The lowest BCUT2D eigenvalue weighted by Gasteiger charge is -2.41. The summed E-state index contributed by atoms with van der Waals surface area (Å²) in [5, 5.41) is 3.86. The number of nitrogens with one attached hydrogen (secondary N) is 1. The van der Waals surface area contributed by atoms with Gasteiger partial charge in [-0.25, -0.2) is 8.42 Å². The van der Waals surface area contributed by atoms with Crippen molar-refractivity contribution in [3.05, 3.63) is 93.5 Å². The number of nitrogens with zero attached hydrogens (tertiary/aromatic N) is 1. The number of hydrogen-bond acceptors (Lipinski definition) is 4. The summed E-state index contributed by atoms with van der Waals surface area (Å²) in [6.07, 6.45) is 3.50. The monoisotopic (exact) mass is 560 g/mol. The molecule has 1 amide bonds. The highest BCUT2D eigenvalue weighted by atomic mass is 35.5. The molecule has 0 unspecified atom stereocenters. The van der Waals surface area contributed by atoms with Crippen LogP contribution in [-0.2, 0) is 16.6 Å². The molecule has 1 atom stereocenters. The smallest absolute Gasteiger partial charge is 0.251 e. The first-order valence-electron chi connectivity index (χ1n) is 12.1. The van der Waals surface area contributed by atoms with Gasteiger partial charge in [0, 0.05) is 27.6 Å². The molecule has 3 aromatic carbocycles. The van der Waals surface area contributed by atoms with Gasteiger partial charge in [0.15, 0.2) is 0 Å². The van der Waals surface area contributed by atoms with Gasteiger partial charge < -0.3 is 10.1 Å². The number of amides is 1. The molecule has 0 fully saturated rings. The maximum absolute atomic E-state index is 13.2. The van der Waals surface area contributed by atoms with Crippen LogP contribution < -0.4 is 14.4 Å². The first kappa shape index (κ1) is 27.3. The molecule has 6 nitrogen and oxygen atoms in total. The fourth-order valence-electron chi connectivity index (χ4n) is 4.68. The van der Waals surface area contributed by atoms with Crippen LogP contribution in [0.2, 0.25) is 10.0 Å². The summed E-state index contributed by atoms with van der Waals surface area (Å²) >= 11 is 12.2. The van der Waals surface area contributed by atoms with Crippen LogP contribution in [-0.4, -0.2) is 26.2 Å². The Morgan fingerprint density at radius 3 is 2.24 bits per heavy atom. The van der Waals surface area contributed by atoms with E-state index in [1.54, 1.807) is 42.5 Å². The first-order chi connectivity index (χ1) is 17.5. The van der Waals surface area contributed by atoms with Gasteiger partial charge in [0.25, 0.3) is 5.91 Å². The number of benzene rings is 3. The molecule has 1 N–H and O–H groups in total. The Bertz CT molecular complexity index is 1370. The summed E-state index contributed by atoms with van der Waals surface area (Å²) in [5.74, 6) is 0.607. The van der Waals surface area contributed by atoms with Crippen molar-refractivity contribution in [1.82, 2.24) is 5.32 Å². The van der Waals surface area contributed by atoms with Crippen molar-refractivity contribution in [2.24, 2.45) is 0 Å². The van der Waals surface area contributed by atoms with E-state index in [0.717, 1.165) is 30.4 Å². The zero-order valence-corrected chi connectivity index (χ0v) is 23.3. The lowest BCUT2D eigenvalue weighted by molar-refractivity contribution is 0.0227. The van der Waals surface area contributed by atoms with Crippen LogP contribution in [0.25, 0.3) is 0 Å². The first-order valence-corrected chi connectivity index (χ1v) is 14.8. The Morgan fingerprint density at radius 1 is 1.03 bits per heavy atom. The van der Waals surface area contributed by atoms with Gasteiger partial charge in [-0.1, -0.05) is 67.4 Å². The van der Waals surface area contributed by atoms with Crippen LogP contribution in [0.15, 0.2) is 66.7 Å². The Balaban J connectivity index is 1.53. The molecule has 3 aromatic rings. The summed E-state index contributed by atoms with van der Waals surface area (Å²) in [4.78, 5) is 13.2. The maximum atomic E-state index is 13.2. The van der Waals surface area contributed by atoms with Crippen molar-refractivity contribution in [1.29, 1.82) is 0 Å². The number of rotatable bonds is 8. The molecule has 196 valence electrons. The van der Waals surface area contributed by atoms with E-state index >= 15 is 0 Å². The molecular weight excluding hydrogens is 531 g/mol. The van der Waals surface area contributed by atoms with E-state index in [-0.39, 0.29) is 24.1 Å². The third-order valence-corrected chi connectivity index (χ3v) is 8.45. The molecule has 0 saturated heterocycles. The molecule has 0 aliphatic carbocycles. The zero-order chi connectivity index (χ0) is 26.8. The molecule has 37 heavy (non-hydrogen) atoms. The number of sulfonamides is 1. The van der Waals surface area contributed by atoms with Gasteiger partial charge in [-0.05, 0) is 54.8 Å². The van der Waals surface area contributed by atoms with Crippen molar-refractivity contribution < 1.29 is 17.9 Å². The van der Waals surface area contributed by atoms with Crippen molar-refractivity contribution >= 4 is 44.8 Å². The summed E-state index contributed by atoms with van der Waals surface area (Å²) < 4.78 is 32.6. The molecule has 0 radical (unpaired) electrons. The lowest BCUT2D eigenvalue weighted by Crippen LogP contribution is -2.44. The highest BCUT2D eigenvalue weighted by Gasteiger charge is 2.39. The van der Waals surface area contributed by atoms with Gasteiger partial charge in [0.1, 0.15) is 11.4 Å². The quantitative estimate of drug-likeness (QED) is 0.329. The molecule has 1 heterocycles. The van der Waals surface area contributed by atoms with Gasteiger partial charge in [-0.15, -0.1) is 0 Å². The predicted molar refractivity (Wildman–Crippen MR) is 149 cm³/mol. The topological polar surface area (TPSA) is 75.7 Å². The van der Waals surface area contributed by atoms with E-state index in [1.807, 2.05) is 24.3 Å². The van der Waals surface area contributed by atoms with E-state index in [0.29, 0.717) is 33.3 Å². The molecule has 1 aliphatic heterocycles. The average Bonchev–Trinajstić information content (AvgIpc) is 2.86. The van der Waals surface area contributed by atoms with Gasteiger partial charge in [0.2, 0.25) is 10.0 Å². The molecule has 0 bridgehead atoms. The number of carbonyl (C=O) groups excluding carboxylic acids is 1. The van der Waals surface area contributed by atoms with Gasteiger partial charge in [0.05, 0.1) is 24.5 Å². The third-order valence-electron chi connectivity index (χ3n) is 6.87. The summed E-state index contributed by atoms with van der Waals surface area (Å²) in [6.45, 7) is 4.28. The fraction of sp³-hybridized carbons (Fsp3) is 0.321. The van der Waals surface area contributed by atoms with E-state index in [1.165, 1.54) is 4.31 Å². The van der Waals surface area contributed by atoms with Crippen molar-refractivity contribution in [3.8, 4) is 5.75 Å². The maximum Gasteiger partial charge on any atom is 0.251 e. The molecule has 1 aliphatic rings. The fourth-order valence-corrected chi connectivity index (χ4v) is 6.07. The minimum Gasteiger partial charge on any atom is -0.487 e. The van der Waals surface area contributed by atoms with Crippen LogP contribution in [0.5, 0.6) is 5.75 Å². The molecule has 4 rings (SSSR count). The summed E-state index contributed by atoms with van der Waals surface area (Å²) in [6, 6.07) is 19.2. The van der Waals surface area contributed by atoms with Crippen molar-refractivity contribution in [3.63, 3.8) is 0 Å². The number of ether oxygens (including phenoxy) is 1. The second-order valence-electron chi connectivity index (χ2n) is 9.35. The highest BCUT2D eigenvalue weighted by Crippen LogP contribution is 2.42.